The molecule has 104 valence electrons. The Labute approximate surface area is 111 Å². The molecule has 3 N–H and O–H groups in total. The van der Waals surface area contributed by atoms with E-state index in [1.807, 2.05) is 0 Å². The zero-order valence-corrected chi connectivity index (χ0v) is 11.9. The Morgan fingerprint density at radius 1 is 1.42 bits per heavy atom. The van der Waals surface area contributed by atoms with Gasteiger partial charge in [-0.25, -0.2) is 8.42 Å². The van der Waals surface area contributed by atoms with Crippen LogP contribution in [0.25, 0.3) is 11.1 Å². The Kier molecular flexibility index (Phi) is 3.17. The van der Waals surface area contributed by atoms with Crippen LogP contribution in [0.2, 0.25) is 0 Å². The highest BCUT2D eigenvalue weighted by Crippen LogP contribution is 2.22. The molecule has 0 amide bonds. The second kappa shape index (κ2) is 4.41. The molecule has 0 saturated carbocycles. The van der Waals surface area contributed by atoms with E-state index in [4.69, 9.17) is 10.2 Å². The fourth-order valence-corrected chi connectivity index (χ4v) is 1.77. The van der Waals surface area contributed by atoms with E-state index in [1.165, 1.54) is 6.26 Å². The van der Waals surface area contributed by atoms with Gasteiger partial charge in [-0.05, 0) is 32.0 Å². The molecular weight excluding hydrogens is 266 g/mol. The van der Waals surface area contributed by atoms with Crippen LogP contribution in [-0.4, -0.2) is 30.9 Å². The molecule has 0 spiro atoms. The highest BCUT2D eigenvalue weighted by molar-refractivity contribution is 7.92. The van der Waals surface area contributed by atoms with E-state index in [0.717, 1.165) is 0 Å². The quantitative estimate of drug-likeness (QED) is 0.828. The fourth-order valence-electron chi connectivity index (χ4n) is 1.44. The number of hydrogen-bond donors (Lipinski definition) is 2. The lowest BCUT2D eigenvalue weighted by atomic mass is 10.2. The smallest absolute Gasteiger partial charge is 0.295 e. The third kappa shape index (κ3) is 2.81. The first-order valence-corrected chi connectivity index (χ1v) is 7.68. The Bertz CT molecular complexity index is 704. The largest absolute Gasteiger partial charge is 0.424 e. The van der Waals surface area contributed by atoms with Crippen molar-refractivity contribution in [3.05, 3.63) is 18.2 Å². The van der Waals surface area contributed by atoms with Gasteiger partial charge in [0.1, 0.15) is 5.52 Å². The van der Waals surface area contributed by atoms with Crippen LogP contribution in [0.3, 0.4) is 0 Å². The van der Waals surface area contributed by atoms with Crippen LogP contribution in [0, 0.1) is 0 Å². The predicted molar refractivity (Wildman–Crippen MR) is 75.8 cm³/mol. The summed E-state index contributed by atoms with van der Waals surface area (Å²) in [4.78, 5) is 4.21. The maximum Gasteiger partial charge on any atom is 0.295 e. The summed E-state index contributed by atoms with van der Waals surface area (Å²) in [6.45, 7) is 3.51. The first kappa shape index (κ1) is 13.7. The molecule has 0 aliphatic carbocycles. The number of nitrogen functional groups attached to an aromatic ring is 1. The number of fused-ring (bicyclic) bond motifs is 1. The van der Waals surface area contributed by atoms with Gasteiger partial charge in [0.2, 0.25) is 0 Å². The molecule has 2 rings (SSSR count). The Morgan fingerprint density at radius 3 is 2.74 bits per heavy atom. The molecule has 0 radical (unpaired) electrons. The highest BCUT2D eigenvalue weighted by Gasteiger charge is 2.30. The zero-order chi connectivity index (χ0) is 14.3. The van der Waals surface area contributed by atoms with E-state index in [9.17, 15) is 8.42 Å². The third-order valence-corrected chi connectivity index (χ3v) is 5.23. The summed E-state index contributed by atoms with van der Waals surface area (Å²) in [7, 11) is -3.16. The van der Waals surface area contributed by atoms with E-state index in [1.54, 1.807) is 32.0 Å². The van der Waals surface area contributed by atoms with Gasteiger partial charge in [0, 0.05) is 18.5 Å². The second-order valence-electron chi connectivity index (χ2n) is 5.13. The van der Waals surface area contributed by atoms with Crippen molar-refractivity contribution < 1.29 is 12.8 Å². The van der Waals surface area contributed by atoms with Crippen molar-refractivity contribution in [1.29, 1.82) is 0 Å². The van der Waals surface area contributed by atoms with E-state index in [-0.39, 0.29) is 12.6 Å². The molecule has 6 nitrogen and oxygen atoms in total. The van der Waals surface area contributed by atoms with Crippen LogP contribution in [0.5, 0.6) is 0 Å². The molecule has 1 aromatic heterocycles. The van der Waals surface area contributed by atoms with Gasteiger partial charge in [-0.1, -0.05) is 0 Å². The van der Waals surface area contributed by atoms with Crippen molar-refractivity contribution >= 4 is 32.6 Å². The molecule has 1 heterocycles. The van der Waals surface area contributed by atoms with Crippen LogP contribution < -0.4 is 11.1 Å². The molecule has 1 aromatic carbocycles. The third-order valence-electron chi connectivity index (χ3n) is 3.08. The molecule has 19 heavy (non-hydrogen) atoms. The monoisotopic (exact) mass is 283 g/mol. The van der Waals surface area contributed by atoms with Gasteiger partial charge in [-0.15, -0.1) is 0 Å². The van der Waals surface area contributed by atoms with Crippen LogP contribution >= 0.6 is 0 Å². The van der Waals surface area contributed by atoms with Crippen LogP contribution in [0.15, 0.2) is 22.6 Å². The molecule has 0 unspecified atom stereocenters. The molecular formula is C12H17N3O3S. The number of aromatic nitrogens is 1. The molecule has 2 aromatic rings. The summed E-state index contributed by atoms with van der Waals surface area (Å²) in [5, 5.41) is 2.90. The highest BCUT2D eigenvalue weighted by atomic mass is 32.2. The maximum atomic E-state index is 11.6. The SMILES string of the molecule is CC(C)(CNc1nc2cc(N)ccc2o1)S(C)(=O)=O. The van der Waals surface area contributed by atoms with E-state index in [0.29, 0.717) is 16.8 Å². The van der Waals surface area contributed by atoms with Gasteiger partial charge in [0.25, 0.3) is 6.01 Å². The lowest BCUT2D eigenvalue weighted by Gasteiger charge is -2.21. The Balaban J connectivity index is 2.19. The molecule has 0 fully saturated rings. The standard InChI is InChI=1S/C12H17N3O3S/c1-12(2,19(3,16)17)7-14-11-15-9-6-8(13)4-5-10(9)18-11/h4-6H,7,13H2,1-3H3,(H,14,15). The lowest BCUT2D eigenvalue weighted by Crippen LogP contribution is -2.38. The van der Waals surface area contributed by atoms with Crippen molar-refractivity contribution in [1.82, 2.24) is 4.98 Å². The molecule has 7 heteroatoms. The zero-order valence-electron chi connectivity index (χ0n) is 11.1. The van der Waals surface area contributed by atoms with E-state index >= 15 is 0 Å². The summed E-state index contributed by atoms with van der Waals surface area (Å²) in [5.74, 6) is 0. The van der Waals surface area contributed by atoms with Crippen molar-refractivity contribution in [2.45, 2.75) is 18.6 Å². The van der Waals surface area contributed by atoms with Crippen molar-refractivity contribution in [3.63, 3.8) is 0 Å². The number of rotatable bonds is 4. The summed E-state index contributed by atoms with van der Waals surface area (Å²) < 4.78 is 27.7. The maximum absolute atomic E-state index is 11.6. The van der Waals surface area contributed by atoms with Crippen LogP contribution in [0.4, 0.5) is 11.7 Å². The van der Waals surface area contributed by atoms with E-state index in [2.05, 4.69) is 10.3 Å². The molecule has 0 bridgehead atoms. The number of nitrogens with zero attached hydrogens (tertiary/aromatic N) is 1. The predicted octanol–water partition coefficient (Wildman–Crippen LogP) is 1.65. The Morgan fingerprint density at radius 2 is 2.11 bits per heavy atom. The van der Waals surface area contributed by atoms with Gasteiger partial charge < -0.3 is 15.5 Å². The molecule has 0 saturated heterocycles. The minimum atomic E-state index is -3.16. The normalized spacial score (nSPS) is 12.8. The van der Waals surface area contributed by atoms with Crippen molar-refractivity contribution in [2.24, 2.45) is 0 Å². The number of sulfone groups is 1. The number of benzene rings is 1. The number of nitrogens with two attached hydrogens (primary N) is 1. The van der Waals surface area contributed by atoms with Crippen molar-refractivity contribution in [2.75, 3.05) is 23.9 Å². The van der Waals surface area contributed by atoms with Gasteiger partial charge in [0.15, 0.2) is 15.4 Å². The first-order valence-electron chi connectivity index (χ1n) is 5.78. The van der Waals surface area contributed by atoms with Gasteiger partial charge >= 0.3 is 0 Å². The summed E-state index contributed by atoms with van der Waals surface area (Å²) in [6.07, 6.45) is 1.21. The van der Waals surface area contributed by atoms with Crippen molar-refractivity contribution in [3.8, 4) is 0 Å². The van der Waals surface area contributed by atoms with Gasteiger partial charge in [0.05, 0.1) is 4.75 Å². The number of oxazole rings is 1. The summed E-state index contributed by atoms with van der Waals surface area (Å²) in [6, 6.07) is 5.44. The number of anilines is 2. The lowest BCUT2D eigenvalue weighted by molar-refractivity contribution is 0.553. The summed E-state index contributed by atoms with van der Waals surface area (Å²) >= 11 is 0. The van der Waals surface area contributed by atoms with Crippen LogP contribution in [-0.2, 0) is 9.84 Å². The Hall–Kier alpha value is -1.76. The number of hydrogen-bond acceptors (Lipinski definition) is 6. The fraction of sp³-hybridized carbons (Fsp3) is 0.417. The van der Waals surface area contributed by atoms with Gasteiger partial charge in [-0.3, -0.25) is 0 Å². The molecule has 0 aliphatic rings. The van der Waals surface area contributed by atoms with E-state index < -0.39 is 14.6 Å². The average Bonchev–Trinajstić information content (AvgIpc) is 2.67. The minimum Gasteiger partial charge on any atom is -0.424 e. The molecule has 0 atom stereocenters. The number of nitrogens with one attached hydrogen (secondary N) is 1. The first-order chi connectivity index (χ1) is 8.69. The molecule has 0 aliphatic heterocycles. The van der Waals surface area contributed by atoms with Gasteiger partial charge in [-0.2, -0.15) is 4.98 Å². The minimum absolute atomic E-state index is 0.216. The summed E-state index contributed by atoms with van der Waals surface area (Å²) in [5.41, 5.74) is 7.50. The van der Waals surface area contributed by atoms with Crippen LogP contribution in [0.1, 0.15) is 13.8 Å². The second-order valence-corrected chi connectivity index (χ2v) is 7.78. The average molecular weight is 283 g/mol. The topological polar surface area (TPSA) is 98.2 Å².